The Hall–Kier alpha value is -1.49. The van der Waals surface area contributed by atoms with Crippen molar-refractivity contribution in [1.29, 1.82) is 0 Å². The van der Waals surface area contributed by atoms with Crippen LogP contribution in [0.15, 0.2) is 24.3 Å². The largest absolute Gasteiger partial charge is 0.334 e. The Bertz CT molecular complexity index is 557. The maximum Gasteiger partial charge on any atom is 0.334 e. The Labute approximate surface area is 144 Å². The summed E-state index contributed by atoms with van der Waals surface area (Å²) in [7, 11) is 0. The maximum absolute atomic E-state index is 12.4. The smallest absolute Gasteiger partial charge is 0.334 e. The van der Waals surface area contributed by atoms with Crippen molar-refractivity contribution in [3.8, 4) is 0 Å². The molecule has 4 nitrogen and oxygen atoms in total. The van der Waals surface area contributed by atoms with Gasteiger partial charge in [-0.1, -0.05) is 65.0 Å². The molecule has 126 valence electrons. The van der Waals surface area contributed by atoms with Gasteiger partial charge in [-0.25, -0.2) is 9.10 Å². The van der Waals surface area contributed by atoms with Crippen molar-refractivity contribution in [2.75, 3.05) is 0 Å². The summed E-state index contributed by atoms with van der Waals surface area (Å²) in [6.45, 7) is 6.35. The molecule has 1 aromatic rings. The number of carbonyl (C=O) groups excluding carboxylic acids is 2. The average molecular weight is 334 g/mol. The fraction of sp³-hybridized carbons (Fsp3) is 0.556. The van der Waals surface area contributed by atoms with Gasteiger partial charge in [0.1, 0.15) is 0 Å². The van der Waals surface area contributed by atoms with Crippen LogP contribution in [0.4, 0.5) is 4.79 Å². The van der Waals surface area contributed by atoms with Gasteiger partial charge < -0.3 is 5.32 Å². The van der Waals surface area contributed by atoms with E-state index in [4.69, 9.17) is 0 Å². The van der Waals surface area contributed by atoms with E-state index in [1.165, 1.54) is 6.42 Å². The van der Waals surface area contributed by atoms with Crippen molar-refractivity contribution in [2.24, 2.45) is 0 Å². The van der Waals surface area contributed by atoms with Crippen LogP contribution in [0.1, 0.15) is 68.8 Å². The van der Waals surface area contributed by atoms with Gasteiger partial charge in [-0.05, 0) is 36.0 Å². The fourth-order valence-corrected chi connectivity index (χ4v) is 2.98. The number of benzene rings is 1. The van der Waals surface area contributed by atoms with Crippen molar-refractivity contribution < 1.29 is 9.59 Å². The molecule has 0 spiro atoms. The number of rotatable bonds is 2. The van der Waals surface area contributed by atoms with Gasteiger partial charge in [-0.15, -0.1) is 0 Å². The Balaban J connectivity index is 1.99. The van der Waals surface area contributed by atoms with Crippen LogP contribution in [-0.2, 0) is 5.41 Å². The highest BCUT2D eigenvalue weighted by Gasteiger charge is 2.24. The third-order valence-corrected chi connectivity index (χ3v) is 4.68. The monoisotopic (exact) mass is 334 g/mol. The van der Waals surface area contributed by atoms with E-state index in [0.29, 0.717) is 5.56 Å². The van der Waals surface area contributed by atoms with Crippen LogP contribution in [-0.4, -0.2) is 22.3 Å². The molecule has 1 aliphatic carbocycles. The number of hydrogen-bond donors (Lipinski definition) is 2. The molecule has 5 heteroatoms. The second-order valence-electron chi connectivity index (χ2n) is 7.23. The topological polar surface area (TPSA) is 49.4 Å². The lowest BCUT2D eigenvalue weighted by Crippen LogP contribution is -2.44. The number of nitrogens with zero attached hydrogens (tertiary/aromatic N) is 1. The summed E-state index contributed by atoms with van der Waals surface area (Å²) < 4.78 is 0.876. The second-order valence-corrected chi connectivity index (χ2v) is 7.63. The number of thiol groups is 1. The molecule has 1 aliphatic rings. The number of nitrogens with one attached hydrogen (secondary N) is 1. The van der Waals surface area contributed by atoms with E-state index in [1.807, 2.05) is 12.1 Å². The number of imide groups is 1. The molecule has 1 aromatic carbocycles. The normalized spacial score (nSPS) is 16.0. The van der Waals surface area contributed by atoms with Crippen molar-refractivity contribution in [3.63, 3.8) is 0 Å². The van der Waals surface area contributed by atoms with Crippen molar-refractivity contribution in [2.45, 2.75) is 64.3 Å². The minimum absolute atomic E-state index is 0.0284. The predicted molar refractivity (Wildman–Crippen MR) is 95.7 cm³/mol. The van der Waals surface area contributed by atoms with Gasteiger partial charge in [0.15, 0.2) is 0 Å². The van der Waals surface area contributed by atoms with Gasteiger partial charge in [0.25, 0.3) is 5.91 Å². The van der Waals surface area contributed by atoms with Gasteiger partial charge in [0.2, 0.25) is 0 Å². The fourth-order valence-electron chi connectivity index (χ4n) is 2.81. The van der Waals surface area contributed by atoms with E-state index < -0.39 is 11.9 Å². The summed E-state index contributed by atoms with van der Waals surface area (Å²) in [5.41, 5.74) is 1.64. The number of carbonyl (C=O) groups is 2. The van der Waals surface area contributed by atoms with Crippen molar-refractivity contribution in [1.82, 2.24) is 9.62 Å². The van der Waals surface area contributed by atoms with Gasteiger partial charge in [0.05, 0.1) is 0 Å². The zero-order chi connectivity index (χ0) is 17.0. The third-order valence-electron chi connectivity index (χ3n) is 4.32. The van der Waals surface area contributed by atoms with Crippen LogP contribution in [0.5, 0.6) is 0 Å². The third kappa shape index (κ3) is 4.74. The van der Waals surface area contributed by atoms with Crippen LogP contribution in [0.3, 0.4) is 0 Å². The Kier molecular flexibility index (Phi) is 5.74. The van der Waals surface area contributed by atoms with Crippen LogP contribution in [0.2, 0.25) is 0 Å². The lowest BCUT2D eigenvalue weighted by atomic mass is 9.87. The summed E-state index contributed by atoms with van der Waals surface area (Å²) in [4.78, 5) is 24.5. The predicted octanol–water partition coefficient (Wildman–Crippen LogP) is 4.31. The quantitative estimate of drug-likeness (QED) is 0.792. The van der Waals surface area contributed by atoms with Gasteiger partial charge in [0, 0.05) is 11.6 Å². The lowest BCUT2D eigenvalue weighted by Gasteiger charge is -2.25. The summed E-state index contributed by atoms with van der Waals surface area (Å²) in [6.07, 6.45) is 5.42. The van der Waals surface area contributed by atoms with Crippen LogP contribution < -0.4 is 5.32 Å². The first-order valence-electron chi connectivity index (χ1n) is 8.23. The molecular weight excluding hydrogens is 308 g/mol. The highest BCUT2D eigenvalue weighted by Crippen LogP contribution is 2.23. The number of urea groups is 1. The minimum Gasteiger partial charge on any atom is -0.334 e. The highest BCUT2D eigenvalue weighted by atomic mass is 32.1. The summed E-state index contributed by atoms with van der Waals surface area (Å²) in [5, 5.41) is 2.89. The molecular formula is C18H26N2O2S. The molecule has 0 atom stereocenters. The lowest BCUT2D eigenvalue weighted by molar-refractivity contribution is 0.0893. The first-order valence-corrected chi connectivity index (χ1v) is 8.63. The number of amides is 3. The van der Waals surface area contributed by atoms with E-state index in [2.05, 4.69) is 38.9 Å². The van der Waals surface area contributed by atoms with E-state index >= 15 is 0 Å². The molecule has 0 unspecified atom stereocenters. The zero-order valence-electron chi connectivity index (χ0n) is 14.1. The molecule has 0 heterocycles. The molecule has 1 saturated carbocycles. The molecule has 1 fully saturated rings. The van der Waals surface area contributed by atoms with E-state index in [0.717, 1.165) is 35.6 Å². The first kappa shape index (κ1) is 17.9. The first-order chi connectivity index (χ1) is 10.8. The van der Waals surface area contributed by atoms with E-state index in [9.17, 15) is 9.59 Å². The average Bonchev–Trinajstić information content (AvgIpc) is 2.53. The maximum atomic E-state index is 12.4. The van der Waals surface area contributed by atoms with Crippen molar-refractivity contribution in [3.05, 3.63) is 35.4 Å². The van der Waals surface area contributed by atoms with E-state index in [-0.39, 0.29) is 11.5 Å². The summed E-state index contributed by atoms with van der Waals surface area (Å²) >= 11 is 4.09. The molecule has 0 aromatic heterocycles. The number of hydrogen-bond acceptors (Lipinski definition) is 3. The molecule has 2 rings (SSSR count). The SMILES string of the molecule is CC(C)(C)c1ccc(C(=O)N(S)C(=O)NC2CCCCC2)cc1. The van der Waals surface area contributed by atoms with Gasteiger partial charge in [-0.2, -0.15) is 0 Å². The molecule has 0 bridgehead atoms. The molecule has 0 saturated heterocycles. The highest BCUT2D eigenvalue weighted by molar-refractivity contribution is 7.79. The molecule has 0 radical (unpaired) electrons. The van der Waals surface area contributed by atoms with Crippen LogP contribution in [0, 0.1) is 0 Å². The van der Waals surface area contributed by atoms with Gasteiger partial charge in [-0.3, -0.25) is 4.79 Å². The minimum atomic E-state index is -0.440. The van der Waals surface area contributed by atoms with Gasteiger partial charge >= 0.3 is 6.03 Å². The van der Waals surface area contributed by atoms with Crippen LogP contribution in [0.25, 0.3) is 0 Å². The Morgan fingerprint density at radius 1 is 1.09 bits per heavy atom. The Morgan fingerprint density at radius 2 is 1.65 bits per heavy atom. The second kappa shape index (κ2) is 7.39. The van der Waals surface area contributed by atoms with E-state index in [1.54, 1.807) is 12.1 Å². The zero-order valence-corrected chi connectivity index (χ0v) is 15.0. The Morgan fingerprint density at radius 3 is 2.17 bits per heavy atom. The van der Waals surface area contributed by atoms with Crippen molar-refractivity contribution >= 4 is 24.8 Å². The summed E-state index contributed by atoms with van der Waals surface area (Å²) in [6, 6.07) is 7.06. The molecule has 3 amide bonds. The molecule has 23 heavy (non-hydrogen) atoms. The van der Waals surface area contributed by atoms with Crippen LogP contribution >= 0.6 is 12.8 Å². The summed E-state index contributed by atoms with van der Waals surface area (Å²) in [5.74, 6) is -0.401. The standard InChI is InChI=1S/C18H26N2O2S/c1-18(2,3)14-11-9-13(10-12-14)16(21)20(23)17(22)19-15-7-5-4-6-8-15/h9-12,15,23H,4-8H2,1-3H3,(H,19,22). The molecule has 1 N–H and O–H groups in total. The molecule has 0 aliphatic heterocycles.